The number of nitrogens with one attached hydrogen (secondary N) is 3. The minimum atomic E-state index is -3.51. The molecule has 12 heteroatoms. The van der Waals surface area contributed by atoms with Gasteiger partial charge in [-0.15, -0.1) is 0 Å². The van der Waals surface area contributed by atoms with Crippen molar-refractivity contribution in [3.63, 3.8) is 0 Å². The molecule has 178 valence electrons. The number of carbonyl (C=O) groups excluding carboxylic acids is 4. The lowest BCUT2D eigenvalue weighted by Crippen LogP contribution is -2.54. The predicted molar refractivity (Wildman–Crippen MR) is 115 cm³/mol. The summed E-state index contributed by atoms with van der Waals surface area (Å²) in [6.07, 6.45) is 3.42. The molecule has 0 spiro atoms. The number of hydrogen-bond donors (Lipinski definition) is 3. The molecule has 1 fully saturated rings. The zero-order valence-corrected chi connectivity index (χ0v) is 19.2. The monoisotopic (exact) mass is 470 g/mol. The van der Waals surface area contributed by atoms with Crippen LogP contribution in [0.2, 0.25) is 0 Å². The summed E-state index contributed by atoms with van der Waals surface area (Å²) in [5, 5.41) is 7.64. The van der Waals surface area contributed by atoms with E-state index in [0.717, 1.165) is 10.6 Å². The summed E-state index contributed by atoms with van der Waals surface area (Å²) in [7, 11) is -3.51. The van der Waals surface area contributed by atoms with Crippen LogP contribution in [0.1, 0.15) is 43.7 Å². The van der Waals surface area contributed by atoms with Crippen molar-refractivity contribution >= 4 is 33.5 Å². The summed E-state index contributed by atoms with van der Waals surface area (Å²) in [5.74, 6) is -1.94. The summed E-state index contributed by atoms with van der Waals surface area (Å²) >= 11 is 0. The molecule has 0 radical (unpaired) electrons. The van der Waals surface area contributed by atoms with Gasteiger partial charge in [-0.3, -0.25) is 19.2 Å². The number of hydrogen-bond acceptors (Lipinski definition) is 7. The van der Waals surface area contributed by atoms with E-state index < -0.39 is 45.6 Å². The highest BCUT2D eigenvalue weighted by Gasteiger charge is 2.32. The third-order valence-corrected chi connectivity index (χ3v) is 6.17. The minimum Gasteiger partial charge on any atom is -0.459 e. The number of furan rings is 1. The van der Waals surface area contributed by atoms with Crippen molar-refractivity contribution in [2.75, 3.05) is 25.9 Å². The highest BCUT2D eigenvalue weighted by molar-refractivity contribution is 7.88. The number of carbonyl (C=O) groups is 4. The molecule has 0 saturated carbocycles. The average molecular weight is 471 g/mol. The lowest BCUT2D eigenvalue weighted by molar-refractivity contribution is -0.131. The van der Waals surface area contributed by atoms with Gasteiger partial charge >= 0.3 is 0 Å². The van der Waals surface area contributed by atoms with Crippen molar-refractivity contribution in [3.05, 3.63) is 24.2 Å². The third-order valence-electron chi connectivity index (χ3n) is 4.92. The van der Waals surface area contributed by atoms with Gasteiger partial charge in [-0.05, 0) is 37.3 Å². The van der Waals surface area contributed by atoms with Gasteiger partial charge in [0, 0.05) is 6.54 Å². The zero-order chi connectivity index (χ0) is 23.9. The first kappa shape index (κ1) is 25.5. The van der Waals surface area contributed by atoms with E-state index in [4.69, 9.17) is 4.42 Å². The van der Waals surface area contributed by atoms with Crippen LogP contribution >= 0.6 is 0 Å². The Bertz CT molecular complexity index is 928. The Kier molecular flexibility index (Phi) is 8.96. The fourth-order valence-electron chi connectivity index (χ4n) is 3.31. The normalized spacial score (nSPS) is 18.6. The molecular weight excluding hydrogens is 440 g/mol. The molecule has 2 rings (SSSR count). The third kappa shape index (κ3) is 7.75. The van der Waals surface area contributed by atoms with Crippen LogP contribution in [0.5, 0.6) is 0 Å². The molecule has 1 saturated heterocycles. The Labute approximate surface area is 187 Å². The zero-order valence-electron chi connectivity index (χ0n) is 18.4. The Balaban J connectivity index is 1.95. The molecule has 11 nitrogen and oxygen atoms in total. The van der Waals surface area contributed by atoms with Gasteiger partial charge in [0.2, 0.25) is 21.8 Å². The van der Waals surface area contributed by atoms with E-state index in [1.807, 2.05) is 13.8 Å². The number of ketones is 1. The molecule has 0 bridgehead atoms. The van der Waals surface area contributed by atoms with Crippen LogP contribution in [0.4, 0.5) is 0 Å². The Morgan fingerprint density at radius 2 is 2.00 bits per heavy atom. The van der Waals surface area contributed by atoms with Crippen LogP contribution in [-0.2, 0) is 24.4 Å². The maximum Gasteiger partial charge on any atom is 0.287 e. The second-order valence-corrected chi connectivity index (χ2v) is 10.2. The second-order valence-electron chi connectivity index (χ2n) is 8.18. The van der Waals surface area contributed by atoms with Crippen LogP contribution in [0.25, 0.3) is 0 Å². The smallest absolute Gasteiger partial charge is 0.287 e. The molecule has 0 aromatic carbocycles. The molecule has 1 aromatic heterocycles. The molecule has 1 aromatic rings. The first-order chi connectivity index (χ1) is 15.0. The molecule has 1 unspecified atom stereocenters. The fraction of sp³-hybridized carbons (Fsp3) is 0.600. The van der Waals surface area contributed by atoms with Crippen molar-refractivity contribution in [3.8, 4) is 0 Å². The fourth-order valence-corrected chi connectivity index (χ4v) is 4.13. The number of sulfonamides is 1. The molecule has 3 N–H and O–H groups in total. The Morgan fingerprint density at radius 1 is 1.28 bits per heavy atom. The standard InChI is InChI=1S/C20H30N4O7S/c1-13(2)10-15(22-18(26)11-21-20(28)17-7-5-9-31-17)19(27)23-14-6-4-8-24(12-16(14)25)32(3,29)30/h5,7,9,13-15H,4,6,8,10-12H2,1-3H3,(H,21,28)(H,22,26)(H,23,27)/t14?,15-/m0/s1. The van der Waals surface area contributed by atoms with Gasteiger partial charge in [-0.1, -0.05) is 13.8 Å². The SMILES string of the molecule is CC(C)C[C@H](NC(=O)CNC(=O)c1ccco1)C(=O)NC1CCCN(S(C)(=O)=O)CC1=O. The lowest BCUT2D eigenvalue weighted by Gasteiger charge is -2.23. The van der Waals surface area contributed by atoms with E-state index in [1.54, 1.807) is 6.07 Å². The largest absolute Gasteiger partial charge is 0.459 e. The van der Waals surface area contributed by atoms with Crippen molar-refractivity contribution < 1.29 is 32.0 Å². The highest BCUT2D eigenvalue weighted by atomic mass is 32.2. The Hall–Kier alpha value is -2.73. The number of Topliss-reactive ketones (excluding diaryl/α,β-unsaturated/α-hetero) is 1. The van der Waals surface area contributed by atoms with Crippen LogP contribution in [0.3, 0.4) is 0 Å². The Morgan fingerprint density at radius 3 is 2.59 bits per heavy atom. The minimum absolute atomic E-state index is 0.0595. The molecule has 32 heavy (non-hydrogen) atoms. The summed E-state index contributed by atoms with van der Waals surface area (Å²) in [4.78, 5) is 49.5. The molecule has 2 heterocycles. The van der Waals surface area contributed by atoms with Gasteiger partial charge in [0.25, 0.3) is 5.91 Å². The van der Waals surface area contributed by atoms with Crippen molar-refractivity contribution in [1.29, 1.82) is 0 Å². The lowest BCUT2D eigenvalue weighted by atomic mass is 10.0. The van der Waals surface area contributed by atoms with Crippen LogP contribution in [0.15, 0.2) is 22.8 Å². The van der Waals surface area contributed by atoms with Gasteiger partial charge < -0.3 is 20.4 Å². The van der Waals surface area contributed by atoms with Crippen LogP contribution < -0.4 is 16.0 Å². The summed E-state index contributed by atoms with van der Waals surface area (Å²) in [5.41, 5.74) is 0. The maximum atomic E-state index is 12.8. The molecular formula is C20H30N4O7S. The highest BCUT2D eigenvalue weighted by Crippen LogP contribution is 2.13. The summed E-state index contributed by atoms with van der Waals surface area (Å²) in [6.45, 7) is 3.31. The van der Waals surface area contributed by atoms with Crippen molar-refractivity contribution in [2.45, 2.75) is 45.2 Å². The molecule has 1 aliphatic heterocycles. The molecule has 0 aliphatic carbocycles. The van der Waals surface area contributed by atoms with Gasteiger partial charge in [-0.25, -0.2) is 8.42 Å². The van der Waals surface area contributed by atoms with Crippen LogP contribution in [0, 0.1) is 5.92 Å². The van der Waals surface area contributed by atoms with E-state index in [1.165, 1.54) is 12.3 Å². The predicted octanol–water partition coefficient (Wildman–Crippen LogP) is -0.350. The molecule has 2 atom stereocenters. The first-order valence-electron chi connectivity index (χ1n) is 10.4. The number of amides is 3. The topological polar surface area (TPSA) is 155 Å². The van der Waals surface area contributed by atoms with E-state index in [2.05, 4.69) is 16.0 Å². The summed E-state index contributed by atoms with van der Waals surface area (Å²) < 4.78 is 29.5. The number of nitrogens with zero attached hydrogens (tertiary/aromatic N) is 1. The number of rotatable bonds is 9. The van der Waals surface area contributed by atoms with E-state index >= 15 is 0 Å². The maximum absolute atomic E-state index is 12.8. The van der Waals surface area contributed by atoms with E-state index in [-0.39, 0.29) is 31.3 Å². The van der Waals surface area contributed by atoms with Gasteiger partial charge in [0.05, 0.1) is 31.7 Å². The van der Waals surface area contributed by atoms with Crippen molar-refractivity contribution in [2.24, 2.45) is 5.92 Å². The first-order valence-corrected chi connectivity index (χ1v) is 12.2. The second kappa shape index (κ2) is 11.2. The van der Waals surface area contributed by atoms with Crippen molar-refractivity contribution in [1.82, 2.24) is 20.3 Å². The van der Waals surface area contributed by atoms with Gasteiger partial charge in [-0.2, -0.15) is 4.31 Å². The summed E-state index contributed by atoms with van der Waals surface area (Å²) in [6, 6.07) is 1.25. The van der Waals surface area contributed by atoms with Crippen LogP contribution in [-0.4, -0.2) is 74.2 Å². The average Bonchev–Trinajstić information content (AvgIpc) is 3.17. The van der Waals surface area contributed by atoms with E-state index in [0.29, 0.717) is 19.3 Å². The molecule has 1 aliphatic rings. The quantitative estimate of drug-likeness (QED) is 0.445. The van der Waals surface area contributed by atoms with Gasteiger partial charge in [0.1, 0.15) is 6.04 Å². The molecule has 3 amide bonds. The van der Waals surface area contributed by atoms with Gasteiger partial charge in [0.15, 0.2) is 11.5 Å². The van der Waals surface area contributed by atoms with E-state index in [9.17, 15) is 27.6 Å².